The Morgan fingerprint density at radius 2 is 1.90 bits per heavy atom. The molecule has 0 aromatic heterocycles. The van der Waals surface area contributed by atoms with Crippen molar-refractivity contribution in [2.75, 3.05) is 31.8 Å². The molecule has 0 N–H and O–H groups in total. The summed E-state index contributed by atoms with van der Waals surface area (Å²) < 4.78 is 16.3. The van der Waals surface area contributed by atoms with Crippen LogP contribution in [0, 0.1) is 5.92 Å². The van der Waals surface area contributed by atoms with E-state index in [9.17, 15) is 9.59 Å². The van der Waals surface area contributed by atoms with Crippen LogP contribution < -0.4 is 14.4 Å². The maximum absolute atomic E-state index is 12.6. The van der Waals surface area contributed by atoms with E-state index in [1.807, 2.05) is 24.3 Å². The summed E-state index contributed by atoms with van der Waals surface area (Å²) in [5.74, 6) is 0.595. The summed E-state index contributed by atoms with van der Waals surface area (Å²) >= 11 is 0. The van der Waals surface area contributed by atoms with Gasteiger partial charge in [-0.1, -0.05) is 32.0 Å². The number of amides is 1. The topological polar surface area (TPSA) is 65.1 Å². The van der Waals surface area contributed by atoms with E-state index < -0.39 is 5.97 Å². The number of anilines is 1. The highest BCUT2D eigenvalue weighted by Gasteiger charge is 2.23. The fraction of sp³-hybridized carbons (Fsp3) is 0.391. The van der Waals surface area contributed by atoms with E-state index in [0.29, 0.717) is 36.1 Å². The minimum absolute atomic E-state index is 0.227. The number of ether oxygens (including phenoxy) is 3. The summed E-state index contributed by atoms with van der Waals surface area (Å²) in [7, 11) is 1.52. The lowest BCUT2D eigenvalue weighted by Crippen LogP contribution is -2.38. The molecule has 0 aliphatic carbocycles. The van der Waals surface area contributed by atoms with E-state index >= 15 is 0 Å². The zero-order valence-corrected chi connectivity index (χ0v) is 17.1. The van der Waals surface area contributed by atoms with Gasteiger partial charge in [-0.3, -0.25) is 4.79 Å². The van der Waals surface area contributed by atoms with E-state index in [1.54, 1.807) is 23.1 Å². The van der Waals surface area contributed by atoms with Crippen LogP contribution in [0.2, 0.25) is 0 Å². The molecule has 154 valence electrons. The van der Waals surface area contributed by atoms with Crippen molar-refractivity contribution in [1.29, 1.82) is 0 Å². The molecule has 0 radical (unpaired) electrons. The van der Waals surface area contributed by atoms with Crippen LogP contribution in [-0.4, -0.2) is 38.7 Å². The van der Waals surface area contributed by atoms with Gasteiger partial charge in [-0.2, -0.15) is 0 Å². The zero-order chi connectivity index (χ0) is 20.8. The molecule has 0 saturated heterocycles. The first-order valence-corrected chi connectivity index (χ1v) is 9.86. The lowest BCUT2D eigenvalue weighted by molar-refractivity contribution is -0.121. The molecule has 0 unspecified atom stereocenters. The maximum Gasteiger partial charge on any atom is 0.338 e. The van der Waals surface area contributed by atoms with Gasteiger partial charge in [-0.05, 0) is 48.6 Å². The molecule has 6 nitrogen and oxygen atoms in total. The number of esters is 1. The third kappa shape index (κ3) is 5.08. The molecule has 1 heterocycles. The monoisotopic (exact) mass is 397 g/mol. The minimum atomic E-state index is -0.572. The standard InChI is InChI=1S/C23H27NO5/c1-16(2)14-28-20-11-10-18(13-21(20)27-3)23(26)29-15-22(25)24-12-6-8-17-7-4-5-9-19(17)24/h4-5,7,9-11,13,16H,6,8,12,14-15H2,1-3H3. The number of para-hydroxylation sites is 1. The summed E-state index contributed by atoms with van der Waals surface area (Å²) in [5, 5.41) is 0. The van der Waals surface area contributed by atoms with Crippen LogP contribution in [0.1, 0.15) is 36.2 Å². The van der Waals surface area contributed by atoms with E-state index in [0.717, 1.165) is 24.1 Å². The number of methoxy groups -OCH3 is 1. The summed E-state index contributed by atoms with van der Waals surface area (Å²) in [6, 6.07) is 12.7. The van der Waals surface area contributed by atoms with E-state index in [4.69, 9.17) is 14.2 Å². The number of hydrogen-bond donors (Lipinski definition) is 0. The summed E-state index contributed by atoms with van der Waals surface area (Å²) in [5.41, 5.74) is 2.35. The Kier molecular flexibility index (Phi) is 6.75. The molecule has 0 fully saturated rings. The number of benzene rings is 2. The van der Waals surface area contributed by atoms with Gasteiger partial charge in [0.2, 0.25) is 0 Å². The van der Waals surface area contributed by atoms with Gasteiger partial charge >= 0.3 is 5.97 Å². The molecular formula is C23H27NO5. The highest BCUT2D eigenvalue weighted by molar-refractivity contribution is 5.98. The van der Waals surface area contributed by atoms with E-state index in [1.165, 1.54) is 7.11 Å². The molecule has 1 aliphatic heterocycles. The van der Waals surface area contributed by atoms with Crippen molar-refractivity contribution in [3.8, 4) is 11.5 Å². The second-order valence-electron chi connectivity index (χ2n) is 7.42. The van der Waals surface area contributed by atoms with Crippen LogP contribution in [-0.2, 0) is 16.0 Å². The quantitative estimate of drug-likeness (QED) is 0.664. The van der Waals surface area contributed by atoms with Gasteiger partial charge < -0.3 is 19.1 Å². The Bertz CT molecular complexity index is 877. The molecule has 0 spiro atoms. The van der Waals surface area contributed by atoms with Gasteiger partial charge in [-0.15, -0.1) is 0 Å². The van der Waals surface area contributed by atoms with Crippen molar-refractivity contribution in [3.05, 3.63) is 53.6 Å². The van der Waals surface area contributed by atoms with Crippen molar-refractivity contribution < 1.29 is 23.8 Å². The van der Waals surface area contributed by atoms with E-state index in [2.05, 4.69) is 13.8 Å². The Labute approximate surface area is 171 Å². The molecule has 0 atom stereocenters. The highest BCUT2D eigenvalue weighted by atomic mass is 16.5. The fourth-order valence-electron chi connectivity index (χ4n) is 3.25. The van der Waals surface area contributed by atoms with Crippen LogP contribution in [0.3, 0.4) is 0 Å². The molecule has 1 amide bonds. The molecule has 0 saturated carbocycles. The normalized spacial score (nSPS) is 13.0. The lowest BCUT2D eigenvalue weighted by Gasteiger charge is -2.29. The number of nitrogens with zero attached hydrogens (tertiary/aromatic N) is 1. The molecule has 2 aromatic carbocycles. The van der Waals surface area contributed by atoms with Gasteiger partial charge in [0.15, 0.2) is 18.1 Å². The lowest BCUT2D eigenvalue weighted by atomic mass is 10.0. The Hall–Kier alpha value is -3.02. The second-order valence-corrected chi connectivity index (χ2v) is 7.42. The third-order valence-corrected chi connectivity index (χ3v) is 4.71. The first-order chi connectivity index (χ1) is 14.0. The van der Waals surface area contributed by atoms with Crippen LogP contribution in [0.4, 0.5) is 5.69 Å². The molecule has 1 aliphatic rings. The Morgan fingerprint density at radius 3 is 2.66 bits per heavy atom. The highest BCUT2D eigenvalue weighted by Crippen LogP contribution is 2.29. The molecule has 6 heteroatoms. The number of rotatable bonds is 7. The first kappa shape index (κ1) is 20.7. The van der Waals surface area contributed by atoms with Crippen LogP contribution in [0.25, 0.3) is 0 Å². The predicted octanol–water partition coefficient (Wildman–Crippen LogP) is 3.87. The van der Waals surface area contributed by atoms with Crippen molar-refractivity contribution >= 4 is 17.6 Å². The number of fused-ring (bicyclic) bond motifs is 1. The predicted molar refractivity (Wildman–Crippen MR) is 111 cm³/mol. The minimum Gasteiger partial charge on any atom is -0.493 e. The Balaban J connectivity index is 1.63. The molecule has 29 heavy (non-hydrogen) atoms. The van der Waals surface area contributed by atoms with Crippen LogP contribution >= 0.6 is 0 Å². The maximum atomic E-state index is 12.6. The summed E-state index contributed by atoms with van der Waals surface area (Å²) in [4.78, 5) is 26.8. The zero-order valence-electron chi connectivity index (χ0n) is 17.1. The van der Waals surface area contributed by atoms with Crippen molar-refractivity contribution in [1.82, 2.24) is 0 Å². The number of carbonyl (C=O) groups is 2. The van der Waals surface area contributed by atoms with Crippen molar-refractivity contribution in [2.24, 2.45) is 5.92 Å². The first-order valence-electron chi connectivity index (χ1n) is 9.86. The van der Waals surface area contributed by atoms with Gasteiger partial charge in [0.1, 0.15) is 0 Å². The average molecular weight is 397 g/mol. The summed E-state index contributed by atoms with van der Waals surface area (Å²) in [6.45, 7) is 4.97. The van der Waals surface area contributed by atoms with E-state index in [-0.39, 0.29) is 12.5 Å². The second kappa shape index (κ2) is 9.45. The molecule has 0 bridgehead atoms. The van der Waals surface area contributed by atoms with Gasteiger partial charge in [-0.25, -0.2) is 4.79 Å². The number of hydrogen-bond acceptors (Lipinski definition) is 5. The smallest absolute Gasteiger partial charge is 0.338 e. The Morgan fingerprint density at radius 1 is 1.10 bits per heavy atom. The average Bonchev–Trinajstić information content (AvgIpc) is 2.75. The SMILES string of the molecule is COc1cc(C(=O)OCC(=O)N2CCCc3ccccc32)ccc1OCC(C)C. The largest absolute Gasteiger partial charge is 0.493 e. The fourth-order valence-corrected chi connectivity index (χ4v) is 3.25. The number of carbonyl (C=O) groups excluding carboxylic acids is 2. The third-order valence-electron chi connectivity index (χ3n) is 4.71. The van der Waals surface area contributed by atoms with Gasteiger partial charge in [0.05, 0.1) is 19.3 Å². The molecule has 2 aromatic rings. The molecule has 3 rings (SSSR count). The van der Waals surface area contributed by atoms with Gasteiger partial charge in [0.25, 0.3) is 5.91 Å². The van der Waals surface area contributed by atoms with Crippen LogP contribution in [0.5, 0.6) is 11.5 Å². The van der Waals surface area contributed by atoms with Gasteiger partial charge in [0, 0.05) is 12.2 Å². The molecular weight excluding hydrogens is 370 g/mol. The number of aryl methyl sites for hydroxylation is 1. The summed E-state index contributed by atoms with van der Waals surface area (Å²) in [6.07, 6.45) is 1.84. The van der Waals surface area contributed by atoms with Crippen molar-refractivity contribution in [2.45, 2.75) is 26.7 Å². The van der Waals surface area contributed by atoms with Crippen molar-refractivity contribution in [3.63, 3.8) is 0 Å². The van der Waals surface area contributed by atoms with Crippen LogP contribution in [0.15, 0.2) is 42.5 Å².